The summed E-state index contributed by atoms with van der Waals surface area (Å²) in [7, 11) is 1.59. The van der Waals surface area contributed by atoms with Crippen LogP contribution >= 0.6 is 0 Å². The summed E-state index contributed by atoms with van der Waals surface area (Å²) in [6.07, 6.45) is 3.82. The Bertz CT molecular complexity index is 793. The Labute approximate surface area is 160 Å². The van der Waals surface area contributed by atoms with Crippen molar-refractivity contribution in [3.63, 3.8) is 0 Å². The Morgan fingerprint density at radius 1 is 1.04 bits per heavy atom. The third-order valence-corrected chi connectivity index (χ3v) is 5.05. The molecule has 1 fully saturated rings. The van der Waals surface area contributed by atoms with E-state index in [0.717, 1.165) is 37.8 Å². The van der Waals surface area contributed by atoms with E-state index in [1.54, 1.807) is 31.4 Å². The van der Waals surface area contributed by atoms with Crippen LogP contribution < -0.4 is 15.4 Å². The number of nitrogens with one attached hydrogen (secondary N) is 2. The molecule has 0 unspecified atom stereocenters. The Morgan fingerprint density at radius 3 is 2.26 bits per heavy atom. The molecular formula is C22H26N2O3. The summed E-state index contributed by atoms with van der Waals surface area (Å²) in [5.74, 6) is 0.651. The number of unbranched alkanes of at least 4 members (excludes halogenated alkanes) is 1. The van der Waals surface area contributed by atoms with Gasteiger partial charge in [-0.15, -0.1) is 0 Å². The summed E-state index contributed by atoms with van der Waals surface area (Å²) in [6, 6.07) is 14.6. The fourth-order valence-corrected chi connectivity index (χ4v) is 3.14. The van der Waals surface area contributed by atoms with Crippen molar-refractivity contribution in [2.75, 3.05) is 19.0 Å². The van der Waals surface area contributed by atoms with Gasteiger partial charge in [-0.25, -0.2) is 0 Å². The first-order valence-corrected chi connectivity index (χ1v) is 9.43. The molecule has 0 bridgehead atoms. The molecule has 5 heteroatoms. The Kier molecular flexibility index (Phi) is 5.79. The van der Waals surface area contributed by atoms with E-state index in [-0.39, 0.29) is 17.2 Å². The summed E-state index contributed by atoms with van der Waals surface area (Å²) < 4.78 is 5.10. The molecule has 142 valence electrons. The van der Waals surface area contributed by atoms with E-state index in [1.165, 1.54) is 0 Å². The molecule has 0 heterocycles. The molecular weight excluding hydrogens is 340 g/mol. The molecule has 0 aromatic heterocycles. The van der Waals surface area contributed by atoms with Crippen molar-refractivity contribution in [3.05, 3.63) is 59.7 Å². The van der Waals surface area contributed by atoms with Crippen LogP contribution in [0.15, 0.2) is 48.5 Å². The average Bonchev–Trinajstić information content (AvgIpc) is 3.51. The average molecular weight is 366 g/mol. The van der Waals surface area contributed by atoms with Crippen molar-refractivity contribution < 1.29 is 14.3 Å². The van der Waals surface area contributed by atoms with Gasteiger partial charge in [0.05, 0.1) is 12.5 Å². The van der Waals surface area contributed by atoms with Crippen LogP contribution in [0.1, 0.15) is 48.5 Å². The molecule has 1 aliphatic rings. The maximum absolute atomic E-state index is 12.5. The number of benzene rings is 2. The van der Waals surface area contributed by atoms with Gasteiger partial charge in [-0.1, -0.05) is 25.5 Å². The van der Waals surface area contributed by atoms with Gasteiger partial charge in [-0.3, -0.25) is 9.59 Å². The van der Waals surface area contributed by atoms with Crippen molar-refractivity contribution in [1.29, 1.82) is 0 Å². The van der Waals surface area contributed by atoms with Crippen LogP contribution in [-0.2, 0) is 10.2 Å². The van der Waals surface area contributed by atoms with Gasteiger partial charge in [0.1, 0.15) is 5.75 Å². The molecule has 2 amide bonds. The molecule has 0 spiro atoms. The largest absolute Gasteiger partial charge is 0.497 e. The van der Waals surface area contributed by atoms with E-state index in [1.807, 2.05) is 24.3 Å². The predicted octanol–water partition coefficient (Wildman–Crippen LogP) is 3.90. The number of rotatable bonds is 8. The minimum absolute atomic E-state index is 0.117. The van der Waals surface area contributed by atoms with Crippen LogP contribution in [0.4, 0.5) is 5.69 Å². The summed E-state index contributed by atoms with van der Waals surface area (Å²) >= 11 is 0. The van der Waals surface area contributed by atoms with Crippen molar-refractivity contribution in [3.8, 4) is 5.75 Å². The first-order valence-electron chi connectivity index (χ1n) is 9.43. The van der Waals surface area contributed by atoms with Gasteiger partial charge in [-0.05, 0) is 61.2 Å². The molecule has 0 radical (unpaired) electrons. The van der Waals surface area contributed by atoms with E-state index in [9.17, 15) is 9.59 Å². The lowest BCUT2D eigenvalue weighted by atomic mass is 9.94. The first kappa shape index (κ1) is 19.0. The SMILES string of the molecule is CCCCNC(=O)C1(c2ccc(NC(=O)c3ccc(OC)cc3)cc2)CC1. The summed E-state index contributed by atoms with van der Waals surface area (Å²) in [5, 5.41) is 5.93. The van der Waals surface area contributed by atoms with Gasteiger partial charge in [0, 0.05) is 17.8 Å². The van der Waals surface area contributed by atoms with Crippen molar-refractivity contribution in [2.24, 2.45) is 0 Å². The highest BCUT2D eigenvalue weighted by Gasteiger charge is 2.50. The van der Waals surface area contributed by atoms with Gasteiger partial charge >= 0.3 is 0 Å². The number of hydrogen-bond donors (Lipinski definition) is 2. The third kappa shape index (κ3) is 4.30. The minimum Gasteiger partial charge on any atom is -0.497 e. The molecule has 0 aliphatic heterocycles. The number of methoxy groups -OCH3 is 1. The molecule has 5 nitrogen and oxygen atoms in total. The number of carbonyl (C=O) groups is 2. The quantitative estimate of drug-likeness (QED) is 0.697. The molecule has 27 heavy (non-hydrogen) atoms. The van der Waals surface area contributed by atoms with Crippen LogP contribution in [-0.4, -0.2) is 25.5 Å². The standard InChI is InChI=1S/C22H26N2O3/c1-3-4-15-23-21(26)22(13-14-22)17-7-9-18(10-8-17)24-20(25)16-5-11-19(27-2)12-6-16/h5-12H,3-4,13-15H2,1-2H3,(H,23,26)(H,24,25). The summed E-state index contributed by atoms with van der Waals surface area (Å²) in [6.45, 7) is 2.84. The van der Waals surface area contributed by atoms with Crippen LogP contribution in [0, 0.1) is 0 Å². The second-order valence-electron chi connectivity index (χ2n) is 6.95. The fourth-order valence-electron chi connectivity index (χ4n) is 3.14. The molecule has 2 aromatic rings. The number of amides is 2. The molecule has 0 saturated heterocycles. The maximum atomic E-state index is 12.5. The zero-order valence-electron chi connectivity index (χ0n) is 15.9. The van der Waals surface area contributed by atoms with E-state index >= 15 is 0 Å². The molecule has 2 aromatic carbocycles. The number of anilines is 1. The van der Waals surface area contributed by atoms with Gasteiger partial charge in [0.2, 0.25) is 5.91 Å². The Balaban J connectivity index is 1.63. The lowest BCUT2D eigenvalue weighted by Gasteiger charge is -2.16. The second kappa shape index (κ2) is 8.25. The van der Waals surface area contributed by atoms with Gasteiger partial charge in [0.25, 0.3) is 5.91 Å². The van der Waals surface area contributed by atoms with E-state index in [4.69, 9.17) is 4.74 Å². The lowest BCUT2D eigenvalue weighted by molar-refractivity contribution is -0.123. The number of carbonyl (C=O) groups excluding carboxylic acids is 2. The minimum atomic E-state index is -0.383. The molecule has 0 atom stereocenters. The van der Waals surface area contributed by atoms with Crippen molar-refractivity contribution in [2.45, 2.75) is 38.0 Å². The normalized spacial score (nSPS) is 14.3. The highest BCUT2D eigenvalue weighted by Crippen LogP contribution is 2.48. The van der Waals surface area contributed by atoms with Crippen molar-refractivity contribution >= 4 is 17.5 Å². The van der Waals surface area contributed by atoms with E-state index in [2.05, 4.69) is 17.6 Å². The van der Waals surface area contributed by atoms with Crippen LogP contribution in [0.5, 0.6) is 5.75 Å². The Hall–Kier alpha value is -2.82. The Morgan fingerprint density at radius 2 is 1.70 bits per heavy atom. The number of ether oxygens (including phenoxy) is 1. The smallest absolute Gasteiger partial charge is 0.255 e. The van der Waals surface area contributed by atoms with Gasteiger partial charge in [-0.2, -0.15) is 0 Å². The zero-order chi connectivity index (χ0) is 19.3. The maximum Gasteiger partial charge on any atom is 0.255 e. The summed E-state index contributed by atoms with van der Waals surface area (Å²) in [4.78, 5) is 24.9. The third-order valence-electron chi connectivity index (χ3n) is 5.05. The molecule has 3 rings (SSSR count). The van der Waals surface area contributed by atoms with Gasteiger partial charge < -0.3 is 15.4 Å². The lowest BCUT2D eigenvalue weighted by Crippen LogP contribution is -2.35. The van der Waals surface area contributed by atoms with Crippen LogP contribution in [0.3, 0.4) is 0 Å². The van der Waals surface area contributed by atoms with E-state index in [0.29, 0.717) is 17.0 Å². The second-order valence-corrected chi connectivity index (χ2v) is 6.95. The fraction of sp³-hybridized carbons (Fsp3) is 0.364. The van der Waals surface area contributed by atoms with Crippen LogP contribution in [0.2, 0.25) is 0 Å². The van der Waals surface area contributed by atoms with Crippen LogP contribution in [0.25, 0.3) is 0 Å². The predicted molar refractivity (Wildman–Crippen MR) is 106 cm³/mol. The monoisotopic (exact) mass is 366 g/mol. The first-order chi connectivity index (χ1) is 13.1. The van der Waals surface area contributed by atoms with E-state index < -0.39 is 0 Å². The van der Waals surface area contributed by atoms with Crippen molar-refractivity contribution in [1.82, 2.24) is 5.32 Å². The molecule has 1 saturated carbocycles. The summed E-state index contributed by atoms with van der Waals surface area (Å²) in [5.41, 5.74) is 1.90. The van der Waals surface area contributed by atoms with Gasteiger partial charge in [0.15, 0.2) is 0 Å². The number of hydrogen-bond acceptors (Lipinski definition) is 3. The molecule has 2 N–H and O–H groups in total. The highest BCUT2D eigenvalue weighted by atomic mass is 16.5. The topological polar surface area (TPSA) is 67.4 Å². The zero-order valence-corrected chi connectivity index (χ0v) is 15.9. The highest BCUT2D eigenvalue weighted by molar-refractivity contribution is 6.04. The molecule has 1 aliphatic carbocycles.